The summed E-state index contributed by atoms with van der Waals surface area (Å²) in [5, 5.41) is 0. The van der Waals surface area contributed by atoms with Crippen LogP contribution in [0.1, 0.15) is 57.9 Å². The zero-order valence-electron chi connectivity index (χ0n) is 12.0. The maximum atomic E-state index is 5.72. The Balaban J connectivity index is 2.27. The summed E-state index contributed by atoms with van der Waals surface area (Å²) in [7, 11) is 0. The van der Waals surface area contributed by atoms with Crippen molar-refractivity contribution in [1.82, 2.24) is 0 Å². The first kappa shape index (κ1) is 15.0. The van der Waals surface area contributed by atoms with E-state index in [4.69, 9.17) is 10.5 Å². The number of nitrogens with two attached hydrogens (primary N) is 1. The maximum absolute atomic E-state index is 5.72. The van der Waals surface area contributed by atoms with Crippen molar-refractivity contribution in [3.8, 4) is 5.75 Å². The monoisotopic (exact) mass is 249 g/mol. The van der Waals surface area contributed by atoms with Crippen molar-refractivity contribution >= 4 is 0 Å². The van der Waals surface area contributed by atoms with Crippen LogP contribution in [0.25, 0.3) is 0 Å². The van der Waals surface area contributed by atoms with E-state index in [1.807, 2.05) is 0 Å². The second-order valence-electron chi connectivity index (χ2n) is 5.20. The fourth-order valence-corrected chi connectivity index (χ4v) is 1.89. The predicted molar refractivity (Wildman–Crippen MR) is 78.1 cm³/mol. The molecule has 0 amide bonds. The maximum Gasteiger partial charge on any atom is 0.119 e. The molecule has 0 saturated heterocycles. The fraction of sp³-hybridized carbons (Fsp3) is 0.625. The summed E-state index contributed by atoms with van der Waals surface area (Å²) in [4.78, 5) is 0. The molecule has 1 aromatic rings. The van der Waals surface area contributed by atoms with E-state index in [0.29, 0.717) is 12.0 Å². The molecule has 0 radical (unpaired) electrons. The molecular weight excluding hydrogens is 222 g/mol. The standard InChI is InChI=1S/C16H27NO/c1-4-13(2)15-8-10-16(11-9-15)18-12-6-5-7-14(3)17/h8-11,13-14H,4-7,12,17H2,1-3H3. The molecule has 0 saturated carbocycles. The molecule has 0 heterocycles. The SMILES string of the molecule is CCC(C)c1ccc(OCCCCC(C)N)cc1. The van der Waals surface area contributed by atoms with Gasteiger partial charge in [-0.05, 0) is 56.2 Å². The molecular formula is C16H27NO. The van der Waals surface area contributed by atoms with Crippen LogP contribution in [0, 0.1) is 0 Å². The predicted octanol–water partition coefficient (Wildman–Crippen LogP) is 4.10. The lowest BCUT2D eigenvalue weighted by molar-refractivity contribution is 0.303. The van der Waals surface area contributed by atoms with Crippen molar-refractivity contribution in [2.24, 2.45) is 5.73 Å². The van der Waals surface area contributed by atoms with Crippen molar-refractivity contribution in [2.75, 3.05) is 6.61 Å². The van der Waals surface area contributed by atoms with Gasteiger partial charge in [0.2, 0.25) is 0 Å². The Morgan fingerprint density at radius 2 is 1.78 bits per heavy atom. The summed E-state index contributed by atoms with van der Waals surface area (Å²) in [5.41, 5.74) is 7.09. The summed E-state index contributed by atoms with van der Waals surface area (Å²) in [6.07, 6.45) is 4.48. The van der Waals surface area contributed by atoms with Crippen LogP contribution in [0.2, 0.25) is 0 Å². The van der Waals surface area contributed by atoms with Crippen LogP contribution in [-0.2, 0) is 0 Å². The Kier molecular flexibility index (Phi) is 6.81. The molecule has 2 nitrogen and oxygen atoms in total. The van der Waals surface area contributed by atoms with Crippen LogP contribution >= 0.6 is 0 Å². The normalized spacial score (nSPS) is 14.2. The van der Waals surface area contributed by atoms with Gasteiger partial charge < -0.3 is 10.5 Å². The molecule has 1 aromatic carbocycles. The number of rotatable bonds is 8. The summed E-state index contributed by atoms with van der Waals surface area (Å²) in [6.45, 7) is 7.31. The van der Waals surface area contributed by atoms with E-state index in [1.54, 1.807) is 0 Å². The Morgan fingerprint density at radius 1 is 1.11 bits per heavy atom. The van der Waals surface area contributed by atoms with E-state index < -0.39 is 0 Å². The highest BCUT2D eigenvalue weighted by Gasteiger charge is 2.02. The summed E-state index contributed by atoms with van der Waals surface area (Å²) in [6, 6.07) is 8.80. The number of benzene rings is 1. The first-order valence-corrected chi connectivity index (χ1v) is 7.11. The minimum absolute atomic E-state index is 0.305. The van der Waals surface area contributed by atoms with E-state index in [2.05, 4.69) is 45.0 Å². The Morgan fingerprint density at radius 3 is 2.33 bits per heavy atom. The third kappa shape index (κ3) is 5.54. The van der Waals surface area contributed by atoms with Crippen LogP contribution in [-0.4, -0.2) is 12.6 Å². The van der Waals surface area contributed by atoms with Crippen LogP contribution < -0.4 is 10.5 Å². The van der Waals surface area contributed by atoms with Crippen LogP contribution in [0.3, 0.4) is 0 Å². The second-order valence-corrected chi connectivity index (χ2v) is 5.20. The molecule has 18 heavy (non-hydrogen) atoms. The van der Waals surface area contributed by atoms with Gasteiger partial charge in [0, 0.05) is 6.04 Å². The quantitative estimate of drug-likeness (QED) is 0.704. The van der Waals surface area contributed by atoms with Gasteiger partial charge >= 0.3 is 0 Å². The molecule has 0 fully saturated rings. The average Bonchev–Trinajstić information content (AvgIpc) is 2.38. The number of unbranched alkanes of at least 4 members (excludes halogenated alkanes) is 1. The summed E-state index contributed by atoms with van der Waals surface area (Å²) >= 11 is 0. The molecule has 2 heteroatoms. The molecule has 0 aromatic heterocycles. The highest BCUT2D eigenvalue weighted by atomic mass is 16.5. The van der Waals surface area contributed by atoms with Crippen molar-refractivity contribution < 1.29 is 4.74 Å². The van der Waals surface area contributed by atoms with E-state index in [9.17, 15) is 0 Å². The minimum atomic E-state index is 0.305. The lowest BCUT2D eigenvalue weighted by Crippen LogP contribution is -2.14. The highest BCUT2D eigenvalue weighted by molar-refractivity contribution is 5.29. The topological polar surface area (TPSA) is 35.2 Å². The average molecular weight is 249 g/mol. The zero-order chi connectivity index (χ0) is 13.4. The van der Waals surface area contributed by atoms with Gasteiger partial charge in [0.1, 0.15) is 5.75 Å². The Bertz CT molecular complexity index is 318. The van der Waals surface area contributed by atoms with Gasteiger partial charge in [0.25, 0.3) is 0 Å². The van der Waals surface area contributed by atoms with Gasteiger partial charge in [-0.1, -0.05) is 26.0 Å². The van der Waals surface area contributed by atoms with E-state index in [1.165, 1.54) is 12.0 Å². The molecule has 2 unspecified atom stereocenters. The minimum Gasteiger partial charge on any atom is -0.494 e. The van der Waals surface area contributed by atoms with Crippen molar-refractivity contribution in [2.45, 2.75) is 58.4 Å². The molecule has 0 bridgehead atoms. The van der Waals surface area contributed by atoms with Gasteiger partial charge in [-0.2, -0.15) is 0 Å². The first-order valence-electron chi connectivity index (χ1n) is 7.11. The molecule has 0 aliphatic carbocycles. The number of hydrogen-bond acceptors (Lipinski definition) is 2. The molecule has 2 N–H and O–H groups in total. The summed E-state index contributed by atoms with van der Waals surface area (Å²) < 4.78 is 5.72. The third-order valence-corrected chi connectivity index (χ3v) is 3.38. The molecule has 0 aliphatic heterocycles. The first-order chi connectivity index (χ1) is 8.63. The van der Waals surface area contributed by atoms with Gasteiger partial charge in [-0.3, -0.25) is 0 Å². The fourth-order valence-electron chi connectivity index (χ4n) is 1.89. The van der Waals surface area contributed by atoms with E-state index in [-0.39, 0.29) is 0 Å². The van der Waals surface area contributed by atoms with Gasteiger partial charge in [0.05, 0.1) is 6.61 Å². The van der Waals surface area contributed by atoms with Gasteiger partial charge in [0.15, 0.2) is 0 Å². The molecule has 0 aliphatic rings. The molecule has 2 atom stereocenters. The third-order valence-electron chi connectivity index (χ3n) is 3.38. The molecule has 102 valence electrons. The van der Waals surface area contributed by atoms with E-state index in [0.717, 1.165) is 31.6 Å². The van der Waals surface area contributed by atoms with Crippen molar-refractivity contribution in [3.63, 3.8) is 0 Å². The largest absolute Gasteiger partial charge is 0.494 e. The Labute approximate surface area is 112 Å². The van der Waals surface area contributed by atoms with Gasteiger partial charge in [-0.25, -0.2) is 0 Å². The highest BCUT2D eigenvalue weighted by Crippen LogP contribution is 2.21. The van der Waals surface area contributed by atoms with E-state index >= 15 is 0 Å². The van der Waals surface area contributed by atoms with Crippen LogP contribution in [0.5, 0.6) is 5.75 Å². The number of hydrogen-bond donors (Lipinski definition) is 1. The molecule has 1 rings (SSSR count). The smallest absolute Gasteiger partial charge is 0.119 e. The zero-order valence-corrected chi connectivity index (χ0v) is 12.0. The van der Waals surface area contributed by atoms with Crippen LogP contribution in [0.15, 0.2) is 24.3 Å². The van der Waals surface area contributed by atoms with Crippen molar-refractivity contribution in [1.29, 1.82) is 0 Å². The Hall–Kier alpha value is -1.02. The lowest BCUT2D eigenvalue weighted by atomic mass is 9.99. The van der Waals surface area contributed by atoms with Gasteiger partial charge in [-0.15, -0.1) is 0 Å². The lowest BCUT2D eigenvalue weighted by Gasteiger charge is -2.11. The van der Waals surface area contributed by atoms with Crippen molar-refractivity contribution in [3.05, 3.63) is 29.8 Å². The van der Waals surface area contributed by atoms with Crippen LogP contribution in [0.4, 0.5) is 0 Å². The molecule has 0 spiro atoms. The second kappa shape index (κ2) is 8.15. The summed E-state index contributed by atoms with van der Waals surface area (Å²) in [5.74, 6) is 1.60. The number of ether oxygens (including phenoxy) is 1.